The van der Waals surface area contributed by atoms with Gasteiger partial charge >= 0.3 is 5.97 Å². The standard InChI is InChI=1S/C19H22N2O5/c1-4-26-19(23)14-7-5-6-8-15(14)21-18(22)12-20-16-11-13(24-2)9-10-17(16)25-3/h5-11,20H,4,12H2,1-3H3,(H,21,22). The van der Waals surface area contributed by atoms with E-state index in [1.807, 2.05) is 0 Å². The fourth-order valence-corrected chi connectivity index (χ4v) is 2.30. The van der Waals surface area contributed by atoms with Crippen LogP contribution in [0.5, 0.6) is 11.5 Å². The molecule has 0 fully saturated rings. The molecule has 0 aliphatic carbocycles. The Kier molecular flexibility index (Phi) is 6.84. The van der Waals surface area contributed by atoms with Gasteiger partial charge in [-0.15, -0.1) is 0 Å². The average molecular weight is 358 g/mol. The lowest BCUT2D eigenvalue weighted by atomic mass is 10.2. The van der Waals surface area contributed by atoms with Gasteiger partial charge in [-0.1, -0.05) is 12.1 Å². The van der Waals surface area contributed by atoms with E-state index >= 15 is 0 Å². The number of rotatable bonds is 8. The molecule has 0 aliphatic rings. The zero-order chi connectivity index (χ0) is 18.9. The lowest BCUT2D eigenvalue weighted by molar-refractivity contribution is -0.114. The van der Waals surface area contributed by atoms with Gasteiger partial charge in [-0.25, -0.2) is 4.79 Å². The summed E-state index contributed by atoms with van der Waals surface area (Å²) in [6.07, 6.45) is 0. The van der Waals surface area contributed by atoms with Crippen LogP contribution >= 0.6 is 0 Å². The van der Waals surface area contributed by atoms with Crippen molar-refractivity contribution in [2.75, 3.05) is 38.0 Å². The second kappa shape index (κ2) is 9.31. The van der Waals surface area contributed by atoms with Crippen molar-refractivity contribution in [3.8, 4) is 11.5 Å². The van der Waals surface area contributed by atoms with E-state index in [1.165, 1.54) is 0 Å². The van der Waals surface area contributed by atoms with E-state index in [0.717, 1.165) is 0 Å². The summed E-state index contributed by atoms with van der Waals surface area (Å²) in [5.74, 6) is 0.435. The van der Waals surface area contributed by atoms with Crippen molar-refractivity contribution in [1.82, 2.24) is 0 Å². The highest BCUT2D eigenvalue weighted by Crippen LogP contribution is 2.28. The molecule has 0 unspecified atom stereocenters. The molecule has 0 saturated heterocycles. The van der Waals surface area contributed by atoms with Crippen molar-refractivity contribution in [1.29, 1.82) is 0 Å². The number of esters is 1. The second-order valence-electron chi connectivity index (χ2n) is 5.23. The summed E-state index contributed by atoms with van der Waals surface area (Å²) < 4.78 is 15.4. The number of methoxy groups -OCH3 is 2. The number of nitrogens with one attached hydrogen (secondary N) is 2. The van der Waals surface area contributed by atoms with Gasteiger partial charge in [0.15, 0.2) is 0 Å². The maximum absolute atomic E-state index is 12.3. The molecule has 2 rings (SSSR count). The highest BCUT2D eigenvalue weighted by atomic mass is 16.5. The summed E-state index contributed by atoms with van der Waals surface area (Å²) in [6.45, 7) is 1.98. The van der Waals surface area contributed by atoms with Gasteiger partial charge in [-0.05, 0) is 31.2 Å². The van der Waals surface area contributed by atoms with Gasteiger partial charge in [0.25, 0.3) is 0 Å². The Morgan fingerprint density at radius 2 is 1.77 bits per heavy atom. The van der Waals surface area contributed by atoms with Gasteiger partial charge in [0.05, 0.1) is 44.3 Å². The molecular formula is C19H22N2O5. The number of ether oxygens (including phenoxy) is 3. The molecule has 0 aromatic heterocycles. The number of anilines is 2. The van der Waals surface area contributed by atoms with Gasteiger partial charge < -0.3 is 24.8 Å². The minimum absolute atomic E-state index is 0.0132. The van der Waals surface area contributed by atoms with E-state index in [-0.39, 0.29) is 19.1 Å². The first-order chi connectivity index (χ1) is 12.6. The van der Waals surface area contributed by atoms with E-state index in [2.05, 4.69) is 10.6 Å². The Balaban J connectivity index is 2.05. The summed E-state index contributed by atoms with van der Waals surface area (Å²) in [5, 5.41) is 5.71. The predicted molar refractivity (Wildman–Crippen MR) is 99.1 cm³/mol. The molecule has 2 aromatic carbocycles. The molecular weight excluding hydrogens is 336 g/mol. The third-order valence-corrected chi connectivity index (χ3v) is 3.54. The third-order valence-electron chi connectivity index (χ3n) is 3.54. The van der Waals surface area contributed by atoms with Crippen LogP contribution in [0.2, 0.25) is 0 Å². The minimum Gasteiger partial charge on any atom is -0.497 e. The van der Waals surface area contributed by atoms with Gasteiger partial charge in [0.1, 0.15) is 11.5 Å². The molecule has 7 nitrogen and oxygen atoms in total. The molecule has 7 heteroatoms. The molecule has 1 amide bonds. The Bertz CT molecular complexity index is 776. The lowest BCUT2D eigenvalue weighted by Crippen LogP contribution is -2.23. The zero-order valence-corrected chi connectivity index (χ0v) is 15.0. The number of para-hydroxylation sites is 1. The maximum Gasteiger partial charge on any atom is 0.340 e. The summed E-state index contributed by atoms with van der Waals surface area (Å²) in [5.41, 5.74) is 1.33. The fraction of sp³-hybridized carbons (Fsp3) is 0.263. The molecule has 2 aromatic rings. The number of hydrogen-bond donors (Lipinski definition) is 2. The van der Waals surface area contributed by atoms with Crippen LogP contribution in [-0.2, 0) is 9.53 Å². The van der Waals surface area contributed by atoms with Crippen molar-refractivity contribution >= 4 is 23.3 Å². The summed E-state index contributed by atoms with van der Waals surface area (Å²) in [4.78, 5) is 24.2. The minimum atomic E-state index is -0.481. The number of hydrogen-bond acceptors (Lipinski definition) is 6. The largest absolute Gasteiger partial charge is 0.497 e. The summed E-state index contributed by atoms with van der Waals surface area (Å²) in [7, 11) is 3.10. The Hall–Kier alpha value is -3.22. The van der Waals surface area contributed by atoms with Crippen LogP contribution in [0.4, 0.5) is 11.4 Å². The SMILES string of the molecule is CCOC(=O)c1ccccc1NC(=O)CNc1cc(OC)ccc1OC. The van der Waals surface area contributed by atoms with Crippen LogP contribution in [-0.4, -0.2) is 39.2 Å². The first-order valence-corrected chi connectivity index (χ1v) is 8.11. The van der Waals surface area contributed by atoms with Gasteiger partial charge in [0, 0.05) is 6.07 Å². The molecule has 0 saturated carbocycles. The third kappa shape index (κ3) is 4.89. The molecule has 0 aliphatic heterocycles. The maximum atomic E-state index is 12.3. The Morgan fingerprint density at radius 1 is 1.00 bits per heavy atom. The smallest absolute Gasteiger partial charge is 0.340 e. The van der Waals surface area contributed by atoms with Crippen molar-refractivity contribution in [2.45, 2.75) is 6.92 Å². The van der Waals surface area contributed by atoms with E-state index in [0.29, 0.717) is 28.4 Å². The number of benzene rings is 2. The molecule has 0 heterocycles. The number of carbonyl (C=O) groups excluding carboxylic acids is 2. The van der Waals surface area contributed by atoms with Crippen LogP contribution in [0.1, 0.15) is 17.3 Å². The van der Waals surface area contributed by atoms with Crippen LogP contribution in [0.15, 0.2) is 42.5 Å². The first kappa shape index (κ1) is 19.1. The average Bonchev–Trinajstić information content (AvgIpc) is 2.66. The number of carbonyl (C=O) groups is 2. The van der Waals surface area contributed by atoms with E-state index in [4.69, 9.17) is 14.2 Å². The highest BCUT2D eigenvalue weighted by Gasteiger charge is 2.14. The summed E-state index contributed by atoms with van der Waals surface area (Å²) in [6, 6.07) is 11.9. The molecule has 0 atom stereocenters. The van der Waals surface area contributed by atoms with Crippen LogP contribution in [0, 0.1) is 0 Å². The van der Waals surface area contributed by atoms with Crippen molar-refractivity contribution < 1.29 is 23.8 Å². The molecule has 26 heavy (non-hydrogen) atoms. The van der Waals surface area contributed by atoms with Crippen LogP contribution < -0.4 is 20.1 Å². The Labute approximate surface area is 152 Å². The summed E-state index contributed by atoms with van der Waals surface area (Å²) >= 11 is 0. The highest BCUT2D eigenvalue weighted by molar-refractivity contribution is 6.02. The molecule has 0 spiro atoms. The van der Waals surface area contributed by atoms with E-state index in [1.54, 1.807) is 63.6 Å². The van der Waals surface area contributed by atoms with Crippen molar-refractivity contribution in [2.24, 2.45) is 0 Å². The second-order valence-corrected chi connectivity index (χ2v) is 5.23. The lowest BCUT2D eigenvalue weighted by Gasteiger charge is -2.13. The van der Waals surface area contributed by atoms with Gasteiger partial charge in [0.2, 0.25) is 5.91 Å². The predicted octanol–water partition coefficient (Wildman–Crippen LogP) is 2.93. The van der Waals surface area contributed by atoms with Crippen molar-refractivity contribution in [3.63, 3.8) is 0 Å². The van der Waals surface area contributed by atoms with Gasteiger partial charge in [-0.2, -0.15) is 0 Å². The monoisotopic (exact) mass is 358 g/mol. The van der Waals surface area contributed by atoms with E-state index in [9.17, 15) is 9.59 Å². The molecule has 0 radical (unpaired) electrons. The Morgan fingerprint density at radius 3 is 2.46 bits per heavy atom. The van der Waals surface area contributed by atoms with E-state index < -0.39 is 5.97 Å². The zero-order valence-electron chi connectivity index (χ0n) is 15.0. The van der Waals surface area contributed by atoms with Crippen molar-refractivity contribution in [3.05, 3.63) is 48.0 Å². The number of amides is 1. The molecule has 138 valence electrons. The molecule has 2 N–H and O–H groups in total. The van der Waals surface area contributed by atoms with Crippen LogP contribution in [0.3, 0.4) is 0 Å². The molecule has 0 bridgehead atoms. The first-order valence-electron chi connectivity index (χ1n) is 8.11. The normalized spacial score (nSPS) is 9.96. The quantitative estimate of drug-likeness (QED) is 0.706. The fourth-order valence-electron chi connectivity index (χ4n) is 2.30. The van der Waals surface area contributed by atoms with Crippen LogP contribution in [0.25, 0.3) is 0 Å². The topological polar surface area (TPSA) is 85.9 Å². The van der Waals surface area contributed by atoms with Gasteiger partial charge in [-0.3, -0.25) is 4.79 Å².